The first-order valence-electron chi connectivity index (χ1n) is 6.26. The minimum Gasteiger partial charge on any atom is -0.465 e. The number of alkyl halides is 6. The molecule has 0 aliphatic rings. The van der Waals surface area contributed by atoms with E-state index in [0.29, 0.717) is 5.76 Å². The first-order valence-corrected chi connectivity index (χ1v) is 8.53. The molecule has 0 bridgehead atoms. The summed E-state index contributed by atoms with van der Waals surface area (Å²) in [5, 5.41) is 0. The number of hydrogen-bond acceptors (Lipinski definition) is 4. The Labute approximate surface area is 162 Å². The molecule has 0 unspecified atom stereocenters. The monoisotopic (exact) mass is 433 g/mol. The largest absolute Gasteiger partial charge is 0.465 e. The van der Waals surface area contributed by atoms with Crippen molar-refractivity contribution < 1.29 is 4.42 Å². The Morgan fingerprint density at radius 2 is 1.52 bits per heavy atom. The number of furan rings is 1. The summed E-state index contributed by atoms with van der Waals surface area (Å²) in [4.78, 5) is 12.0. The lowest BCUT2D eigenvalue weighted by atomic mass is 10.2. The van der Waals surface area contributed by atoms with Gasteiger partial charge < -0.3 is 4.42 Å². The van der Waals surface area contributed by atoms with E-state index in [0.717, 1.165) is 12.0 Å². The highest BCUT2D eigenvalue weighted by molar-refractivity contribution is 6.67. The summed E-state index contributed by atoms with van der Waals surface area (Å²) in [5.41, 5.74) is 1.03. The molecule has 10 heteroatoms. The minimum absolute atomic E-state index is 0.145. The quantitative estimate of drug-likeness (QED) is 0.567. The fourth-order valence-electron chi connectivity index (χ4n) is 1.66. The third kappa shape index (κ3) is 5.12. The predicted molar refractivity (Wildman–Crippen MR) is 95.3 cm³/mol. The van der Waals surface area contributed by atoms with Crippen molar-refractivity contribution >= 4 is 81.8 Å². The lowest BCUT2D eigenvalue weighted by molar-refractivity contribution is 0.554. The van der Waals surface area contributed by atoms with Crippen LogP contribution in [0.15, 0.2) is 16.7 Å². The van der Waals surface area contributed by atoms with Gasteiger partial charge in [0.2, 0.25) is 7.59 Å². The maximum Gasteiger partial charge on any atom is 0.250 e. The third-order valence-corrected chi connectivity index (χ3v) is 3.72. The molecule has 0 radical (unpaired) electrons. The van der Waals surface area contributed by atoms with Crippen LogP contribution < -0.4 is 0 Å². The van der Waals surface area contributed by atoms with Gasteiger partial charge in [-0.15, -0.1) is 0 Å². The summed E-state index contributed by atoms with van der Waals surface area (Å²) in [7, 11) is 0. The molecule has 0 saturated heterocycles. The first kappa shape index (κ1) is 19.1. The molecule has 23 heavy (non-hydrogen) atoms. The zero-order chi connectivity index (χ0) is 17.3. The fourth-order valence-corrected chi connectivity index (χ4v) is 2.16. The van der Waals surface area contributed by atoms with E-state index in [1.165, 1.54) is 0 Å². The second-order valence-corrected chi connectivity index (χ2v) is 8.90. The Morgan fingerprint density at radius 1 is 0.957 bits per heavy atom. The first-order chi connectivity index (χ1) is 10.6. The van der Waals surface area contributed by atoms with Crippen molar-refractivity contribution in [2.75, 3.05) is 0 Å². The van der Waals surface area contributed by atoms with Crippen molar-refractivity contribution in [2.45, 2.75) is 20.9 Å². The maximum absolute atomic E-state index is 5.81. The molecule has 0 fully saturated rings. The van der Waals surface area contributed by atoms with Crippen molar-refractivity contribution in [3.63, 3.8) is 0 Å². The molecule has 0 atom stereocenters. The van der Waals surface area contributed by atoms with Crippen molar-refractivity contribution in [3.05, 3.63) is 41.1 Å². The van der Waals surface area contributed by atoms with Crippen LogP contribution in [0.3, 0.4) is 0 Å². The Morgan fingerprint density at radius 3 is 2.00 bits per heavy atom. The molecular weight excluding hydrogens is 427 g/mol. The van der Waals surface area contributed by atoms with E-state index in [2.05, 4.69) is 15.0 Å². The molecule has 0 N–H and O–H groups in total. The Kier molecular flexibility index (Phi) is 6.10. The SMILES string of the molecule is CCc1ccoc1C=Cc1nc(C(Cl)(Cl)Cl)nc(C(Cl)(Cl)Cl)n1. The molecule has 0 saturated carbocycles. The molecule has 2 aromatic heterocycles. The van der Waals surface area contributed by atoms with Gasteiger partial charge >= 0.3 is 0 Å². The molecule has 124 valence electrons. The lowest BCUT2D eigenvalue weighted by Gasteiger charge is -2.14. The molecule has 0 spiro atoms. The smallest absolute Gasteiger partial charge is 0.250 e. The summed E-state index contributed by atoms with van der Waals surface area (Å²) in [6.07, 6.45) is 5.63. The van der Waals surface area contributed by atoms with E-state index in [1.54, 1.807) is 18.4 Å². The van der Waals surface area contributed by atoms with Crippen LogP contribution in [0.25, 0.3) is 12.2 Å². The summed E-state index contributed by atoms with van der Waals surface area (Å²) >= 11 is 34.8. The Bertz CT molecular complexity index is 685. The highest BCUT2D eigenvalue weighted by Crippen LogP contribution is 2.39. The number of halogens is 6. The number of hydrogen-bond donors (Lipinski definition) is 0. The third-order valence-electron chi connectivity index (χ3n) is 2.71. The van der Waals surface area contributed by atoms with E-state index >= 15 is 0 Å². The predicted octanol–water partition coefficient (Wildman–Crippen LogP) is 5.85. The average molecular weight is 436 g/mol. The van der Waals surface area contributed by atoms with E-state index in [9.17, 15) is 0 Å². The number of nitrogens with zero attached hydrogens (tertiary/aromatic N) is 3. The van der Waals surface area contributed by atoms with E-state index in [4.69, 9.17) is 74.0 Å². The van der Waals surface area contributed by atoms with E-state index < -0.39 is 7.59 Å². The standard InChI is InChI=1S/C13H9Cl6N3O/c1-2-7-5-6-23-8(7)3-4-9-20-10(12(14,15)16)22-11(21-9)13(17,18)19/h3-6H,2H2,1H3. The number of rotatable bonds is 3. The molecule has 0 aromatic carbocycles. The Hall–Kier alpha value is -0.230. The molecule has 0 aliphatic carbocycles. The summed E-state index contributed by atoms with van der Waals surface area (Å²) in [6, 6.07) is 1.87. The van der Waals surface area contributed by atoms with Crippen LogP contribution in [0.2, 0.25) is 0 Å². The molecule has 2 rings (SSSR count). The van der Waals surface area contributed by atoms with Crippen molar-refractivity contribution in [1.29, 1.82) is 0 Å². The number of aryl methyl sites for hydroxylation is 1. The maximum atomic E-state index is 5.81. The Balaban J connectivity index is 2.45. The van der Waals surface area contributed by atoms with Gasteiger partial charge in [0.25, 0.3) is 0 Å². The molecule has 4 nitrogen and oxygen atoms in total. The second kappa shape index (κ2) is 7.34. The van der Waals surface area contributed by atoms with Gasteiger partial charge in [-0.25, -0.2) is 15.0 Å². The van der Waals surface area contributed by atoms with Gasteiger partial charge in [-0.1, -0.05) is 76.5 Å². The molecule has 0 aliphatic heterocycles. The van der Waals surface area contributed by atoms with Gasteiger partial charge in [0, 0.05) is 0 Å². The van der Waals surface area contributed by atoms with E-state index in [-0.39, 0.29) is 17.5 Å². The van der Waals surface area contributed by atoms with Crippen molar-refractivity contribution in [2.24, 2.45) is 0 Å². The summed E-state index contributed by atoms with van der Waals surface area (Å²) in [5.74, 6) is 0.544. The van der Waals surface area contributed by atoms with Gasteiger partial charge in [0.1, 0.15) is 5.76 Å². The van der Waals surface area contributed by atoms with Crippen LogP contribution in [0.4, 0.5) is 0 Å². The topological polar surface area (TPSA) is 51.8 Å². The van der Waals surface area contributed by atoms with Crippen LogP contribution in [-0.2, 0) is 14.0 Å². The number of aromatic nitrogens is 3. The average Bonchev–Trinajstić information content (AvgIpc) is 2.90. The minimum atomic E-state index is -1.88. The molecule has 2 aromatic rings. The highest BCUT2D eigenvalue weighted by atomic mass is 35.6. The van der Waals surface area contributed by atoms with E-state index in [1.807, 2.05) is 13.0 Å². The zero-order valence-corrected chi connectivity index (χ0v) is 16.1. The van der Waals surface area contributed by atoms with Crippen LogP contribution in [0, 0.1) is 0 Å². The summed E-state index contributed by atoms with van der Waals surface area (Å²) < 4.78 is 1.60. The second-order valence-electron chi connectivity index (χ2n) is 4.33. The van der Waals surface area contributed by atoms with Gasteiger partial charge in [-0.2, -0.15) is 0 Å². The van der Waals surface area contributed by atoms with Crippen molar-refractivity contribution in [3.8, 4) is 0 Å². The van der Waals surface area contributed by atoms with Gasteiger partial charge in [0.15, 0.2) is 17.5 Å². The molecule has 2 heterocycles. The van der Waals surface area contributed by atoms with Crippen LogP contribution >= 0.6 is 69.6 Å². The van der Waals surface area contributed by atoms with Gasteiger partial charge in [-0.3, -0.25) is 0 Å². The normalized spacial score (nSPS) is 13.0. The van der Waals surface area contributed by atoms with Crippen LogP contribution in [0.5, 0.6) is 0 Å². The molecule has 0 amide bonds. The van der Waals surface area contributed by atoms with Crippen molar-refractivity contribution in [1.82, 2.24) is 15.0 Å². The van der Waals surface area contributed by atoms with Gasteiger partial charge in [0.05, 0.1) is 6.26 Å². The van der Waals surface area contributed by atoms with Crippen LogP contribution in [0.1, 0.15) is 35.7 Å². The fraction of sp³-hybridized carbons (Fsp3) is 0.308. The summed E-state index contributed by atoms with van der Waals surface area (Å²) in [6.45, 7) is 2.01. The van der Waals surface area contributed by atoms with Crippen LogP contribution in [-0.4, -0.2) is 15.0 Å². The highest BCUT2D eigenvalue weighted by Gasteiger charge is 2.33. The molecular formula is C13H9Cl6N3O. The zero-order valence-electron chi connectivity index (χ0n) is 11.5. The lowest BCUT2D eigenvalue weighted by Crippen LogP contribution is -2.16. The van der Waals surface area contributed by atoms with Gasteiger partial charge in [-0.05, 0) is 30.2 Å².